The third kappa shape index (κ3) is 6.54. The van der Waals surface area contributed by atoms with Crippen molar-refractivity contribution in [3.8, 4) is 17.2 Å². The zero-order valence-corrected chi connectivity index (χ0v) is 20.2. The number of nitrogens with zero attached hydrogens (tertiary/aromatic N) is 1. The summed E-state index contributed by atoms with van der Waals surface area (Å²) in [5, 5.41) is 16.0. The number of amides is 2. The maximum atomic E-state index is 12.3. The highest BCUT2D eigenvalue weighted by Gasteiger charge is 2.39. The second kappa shape index (κ2) is 11.8. The Balaban J connectivity index is 1.53. The van der Waals surface area contributed by atoms with Gasteiger partial charge in [0.15, 0.2) is 5.58 Å². The molecule has 9 nitrogen and oxygen atoms in total. The highest BCUT2D eigenvalue weighted by Crippen LogP contribution is 2.33. The summed E-state index contributed by atoms with van der Waals surface area (Å²) in [6.45, 7) is 7.72. The van der Waals surface area contributed by atoms with Crippen molar-refractivity contribution in [3.05, 3.63) is 42.5 Å². The van der Waals surface area contributed by atoms with Crippen molar-refractivity contribution >= 4 is 31.6 Å². The zero-order chi connectivity index (χ0) is 23.7. The monoisotopic (exact) mass is 473 g/mol. The van der Waals surface area contributed by atoms with Crippen LogP contribution >= 0.6 is 0 Å². The Labute approximate surface area is 194 Å². The van der Waals surface area contributed by atoms with Crippen LogP contribution < -0.4 is 10.6 Å². The molecule has 1 aromatic heterocycles. The number of aromatic hydroxyl groups is 1. The molecule has 0 atom stereocenters. The van der Waals surface area contributed by atoms with E-state index < -0.39 is 8.80 Å². The normalized spacial score (nSPS) is 11.6. The van der Waals surface area contributed by atoms with Crippen molar-refractivity contribution < 1.29 is 27.6 Å². The van der Waals surface area contributed by atoms with Crippen molar-refractivity contribution in [2.24, 2.45) is 0 Å². The molecule has 0 spiro atoms. The van der Waals surface area contributed by atoms with Gasteiger partial charge in [-0.15, -0.1) is 0 Å². The van der Waals surface area contributed by atoms with Crippen LogP contribution in [-0.2, 0) is 13.3 Å². The number of aromatic nitrogens is 1. The van der Waals surface area contributed by atoms with E-state index in [1.54, 1.807) is 12.1 Å². The second-order valence-corrected chi connectivity index (χ2v) is 9.92. The number of oxazole rings is 1. The van der Waals surface area contributed by atoms with Crippen molar-refractivity contribution in [1.82, 2.24) is 10.3 Å². The lowest BCUT2D eigenvalue weighted by Crippen LogP contribution is -2.46. The van der Waals surface area contributed by atoms with Crippen molar-refractivity contribution in [3.63, 3.8) is 0 Å². The number of para-hydroxylation sites is 2. The Morgan fingerprint density at radius 2 is 1.76 bits per heavy atom. The van der Waals surface area contributed by atoms with Crippen LogP contribution in [0.5, 0.6) is 5.75 Å². The minimum atomic E-state index is -2.72. The molecule has 1 heterocycles. The van der Waals surface area contributed by atoms with Crippen LogP contribution in [0.1, 0.15) is 27.2 Å². The number of hydrogen-bond donors (Lipinski definition) is 3. The molecule has 0 saturated carbocycles. The number of phenolic OH excluding ortho intramolecular Hbond substituents is 1. The lowest BCUT2D eigenvalue weighted by molar-refractivity contribution is 0.0708. The molecule has 3 aromatic rings. The SMILES string of the molecule is CCO[Si](CCCNC(=O)Nc1ccc(-c2nc3ccccc3o2)c(O)c1)(OCC)OCC. The van der Waals surface area contributed by atoms with Gasteiger partial charge in [0.25, 0.3) is 0 Å². The molecule has 2 amide bonds. The quantitative estimate of drug-likeness (QED) is 0.257. The lowest BCUT2D eigenvalue weighted by Gasteiger charge is -2.28. The molecule has 0 aliphatic rings. The Kier molecular flexibility index (Phi) is 8.84. The number of rotatable bonds is 12. The number of anilines is 1. The van der Waals surface area contributed by atoms with E-state index in [9.17, 15) is 9.90 Å². The summed E-state index contributed by atoms with van der Waals surface area (Å²) < 4.78 is 23.2. The highest BCUT2D eigenvalue weighted by atomic mass is 28.4. The Morgan fingerprint density at radius 3 is 2.39 bits per heavy atom. The summed E-state index contributed by atoms with van der Waals surface area (Å²) in [7, 11) is -2.72. The van der Waals surface area contributed by atoms with E-state index >= 15 is 0 Å². The van der Waals surface area contributed by atoms with Crippen LogP contribution in [0.25, 0.3) is 22.6 Å². The standard InChI is InChI=1S/C23H31N3O6Si/c1-4-29-33(30-5-2,31-6-3)15-9-14-24-23(28)25-17-12-13-18(20(27)16-17)22-26-19-10-7-8-11-21(19)32-22/h7-8,10-13,16,27H,4-6,9,14-15H2,1-3H3,(H2,24,25,28). The Bertz CT molecular complexity index is 1010. The maximum Gasteiger partial charge on any atom is 0.500 e. The first-order chi connectivity index (χ1) is 16.0. The average molecular weight is 474 g/mol. The Morgan fingerprint density at radius 1 is 1.06 bits per heavy atom. The molecule has 10 heteroatoms. The molecule has 0 aliphatic carbocycles. The van der Waals surface area contributed by atoms with E-state index in [1.807, 2.05) is 45.0 Å². The number of carbonyl (C=O) groups is 1. The van der Waals surface area contributed by atoms with Gasteiger partial charge in [-0.1, -0.05) is 12.1 Å². The topological polar surface area (TPSA) is 115 Å². The predicted molar refractivity (Wildman–Crippen MR) is 128 cm³/mol. The summed E-state index contributed by atoms with van der Waals surface area (Å²) >= 11 is 0. The van der Waals surface area contributed by atoms with Gasteiger partial charge >= 0.3 is 14.8 Å². The average Bonchev–Trinajstić information content (AvgIpc) is 3.21. The predicted octanol–water partition coefficient (Wildman–Crippen LogP) is 4.76. The van der Waals surface area contributed by atoms with Gasteiger partial charge in [-0.3, -0.25) is 0 Å². The first kappa shape index (κ1) is 24.7. The molecule has 0 unspecified atom stereocenters. The number of fused-ring (bicyclic) bond motifs is 1. The lowest BCUT2D eigenvalue weighted by atomic mass is 10.2. The van der Waals surface area contributed by atoms with Crippen LogP contribution in [0.4, 0.5) is 10.5 Å². The number of urea groups is 1. The molecule has 3 N–H and O–H groups in total. The summed E-state index contributed by atoms with van der Waals surface area (Å²) in [6, 6.07) is 12.4. The molecule has 0 fully saturated rings. The van der Waals surface area contributed by atoms with E-state index in [-0.39, 0.29) is 11.8 Å². The van der Waals surface area contributed by atoms with E-state index in [1.165, 1.54) is 6.07 Å². The zero-order valence-electron chi connectivity index (χ0n) is 19.2. The van der Waals surface area contributed by atoms with E-state index in [0.717, 1.165) is 0 Å². The minimum Gasteiger partial charge on any atom is -0.507 e. The third-order valence-corrected chi connectivity index (χ3v) is 7.97. The third-order valence-electron chi connectivity index (χ3n) is 4.82. The summed E-state index contributed by atoms with van der Waals surface area (Å²) in [4.78, 5) is 16.7. The Hall–Kier alpha value is -2.92. The van der Waals surface area contributed by atoms with Gasteiger partial charge in [0, 0.05) is 44.2 Å². The first-order valence-corrected chi connectivity index (χ1v) is 13.1. The van der Waals surface area contributed by atoms with Crippen molar-refractivity contribution in [1.29, 1.82) is 0 Å². The van der Waals surface area contributed by atoms with Crippen LogP contribution in [0.3, 0.4) is 0 Å². The number of nitrogens with one attached hydrogen (secondary N) is 2. The molecule has 0 radical (unpaired) electrons. The number of hydrogen-bond acceptors (Lipinski definition) is 7. The largest absolute Gasteiger partial charge is 0.507 e. The van der Waals surface area contributed by atoms with Gasteiger partial charge in [0.2, 0.25) is 5.89 Å². The van der Waals surface area contributed by atoms with Gasteiger partial charge in [-0.25, -0.2) is 9.78 Å². The van der Waals surface area contributed by atoms with Gasteiger partial charge in [-0.05, 0) is 51.5 Å². The molecule has 3 rings (SSSR count). The molecule has 0 aliphatic heterocycles. The summed E-state index contributed by atoms with van der Waals surface area (Å²) in [5.74, 6) is 0.274. The second-order valence-electron chi connectivity index (χ2n) is 7.19. The van der Waals surface area contributed by atoms with E-state index in [2.05, 4.69) is 15.6 Å². The summed E-state index contributed by atoms with van der Waals surface area (Å²) in [6.07, 6.45) is 0.654. The fourth-order valence-electron chi connectivity index (χ4n) is 3.46. The van der Waals surface area contributed by atoms with Gasteiger partial charge in [-0.2, -0.15) is 0 Å². The fraction of sp³-hybridized carbons (Fsp3) is 0.391. The number of benzene rings is 2. The van der Waals surface area contributed by atoms with Crippen LogP contribution in [0.2, 0.25) is 6.04 Å². The van der Waals surface area contributed by atoms with Crippen molar-refractivity contribution in [2.75, 3.05) is 31.7 Å². The number of carbonyl (C=O) groups excluding carboxylic acids is 1. The molecule has 0 saturated heterocycles. The minimum absolute atomic E-state index is 0.0414. The molecule has 0 bridgehead atoms. The first-order valence-electron chi connectivity index (χ1n) is 11.2. The summed E-state index contributed by atoms with van der Waals surface area (Å²) in [5.41, 5.74) is 2.24. The van der Waals surface area contributed by atoms with Gasteiger partial charge in [0.1, 0.15) is 11.3 Å². The smallest absolute Gasteiger partial charge is 0.500 e. The van der Waals surface area contributed by atoms with E-state index in [4.69, 9.17) is 17.7 Å². The van der Waals surface area contributed by atoms with Crippen molar-refractivity contribution in [2.45, 2.75) is 33.2 Å². The molecule has 33 heavy (non-hydrogen) atoms. The maximum absolute atomic E-state index is 12.3. The van der Waals surface area contributed by atoms with Crippen LogP contribution in [0, 0.1) is 0 Å². The van der Waals surface area contributed by atoms with Gasteiger partial charge < -0.3 is 33.4 Å². The highest BCUT2D eigenvalue weighted by molar-refractivity contribution is 6.60. The molecular weight excluding hydrogens is 442 g/mol. The molecular formula is C23H31N3O6Si. The van der Waals surface area contributed by atoms with Gasteiger partial charge in [0.05, 0.1) is 5.56 Å². The molecule has 2 aromatic carbocycles. The molecule has 178 valence electrons. The number of phenols is 1. The van der Waals surface area contributed by atoms with Crippen LogP contribution in [-0.4, -0.2) is 51.3 Å². The van der Waals surface area contributed by atoms with E-state index in [0.29, 0.717) is 67.1 Å². The fourth-order valence-corrected chi connectivity index (χ4v) is 6.07. The van der Waals surface area contributed by atoms with Crippen LogP contribution in [0.15, 0.2) is 46.9 Å².